The van der Waals surface area contributed by atoms with Crippen molar-refractivity contribution < 1.29 is 4.74 Å². The molecule has 0 N–H and O–H groups in total. The van der Waals surface area contributed by atoms with E-state index in [0.29, 0.717) is 0 Å². The Bertz CT molecular complexity index is 375. The molecule has 2 rings (SSSR count). The normalized spacial score (nSPS) is 16.2. The third kappa shape index (κ3) is 3.00. The van der Waals surface area contributed by atoms with Gasteiger partial charge < -0.3 is 4.74 Å². The SMILES string of the molecule is CC(C)(C)c1ccc(Br)c(OCC2CC2)c1. The second kappa shape index (κ2) is 4.40. The van der Waals surface area contributed by atoms with Crippen molar-refractivity contribution in [3.05, 3.63) is 28.2 Å². The summed E-state index contributed by atoms with van der Waals surface area (Å²) in [6.45, 7) is 7.54. The second-order valence-corrected chi connectivity index (χ2v) is 6.50. The van der Waals surface area contributed by atoms with Crippen LogP contribution in [0.4, 0.5) is 0 Å². The molecule has 0 saturated heterocycles. The van der Waals surface area contributed by atoms with E-state index >= 15 is 0 Å². The number of hydrogen-bond donors (Lipinski definition) is 0. The van der Waals surface area contributed by atoms with E-state index in [1.807, 2.05) is 0 Å². The molecule has 0 unspecified atom stereocenters. The van der Waals surface area contributed by atoms with Crippen LogP contribution in [0.5, 0.6) is 5.75 Å². The molecule has 0 spiro atoms. The second-order valence-electron chi connectivity index (χ2n) is 5.65. The molecule has 0 heterocycles. The summed E-state index contributed by atoms with van der Waals surface area (Å²) in [6.07, 6.45) is 2.66. The highest BCUT2D eigenvalue weighted by Crippen LogP contribution is 2.34. The summed E-state index contributed by atoms with van der Waals surface area (Å²) in [7, 11) is 0. The summed E-state index contributed by atoms with van der Waals surface area (Å²) in [5.74, 6) is 1.78. The summed E-state index contributed by atoms with van der Waals surface area (Å²) >= 11 is 3.54. The Morgan fingerprint density at radius 3 is 2.56 bits per heavy atom. The lowest BCUT2D eigenvalue weighted by molar-refractivity contribution is 0.297. The number of rotatable bonds is 3. The Labute approximate surface area is 106 Å². The van der Waals surface area contributed by atoms with Crippen molar-refractivity contribution in [1.29, 1.82) is 0 Å². The summed E-state index contributed by atoms with van der Waals surface area (Å²) in [6, 6.07) is 6.41. The number of ether oxygens (including phenoxy) is 1. The van der Waals surface area contributed by atoms with Crippen LogP contribution in [-0.4, -0.2) is 6.61 Å². The number of benzene rings is 1. The Morgan fingerprint density at radius 1 is 1.31 bits per heavy atom. The van der Waals surface area contributed by atoms with Crippen LogP contribution in [0.25, 0.3) is 0 Å². The molecule has 1 fully saturated rings. The quantitative estimate of drug-likeness (QED) is 0.791. The molecule has 0 amide bonds. The monoisotopic (exact) mass is 282 g/mol. The molecule has 16 heavy (non-hydrogen) atoms. The minimum Gasteiger partial charge on any atom is -0.492 e. The lowest BCUT2D eigenvalue weighted by atomic mass is 9.87. The van der Waals surface area contributed by atoms with Gasteiger partial charge in [0.05, 0.1) is 11.1 Å². The lowest BCUT2D eigenvalue weighted by Gasteiger charge is -2.20. The van der Waals surface area contributed by atoms with Crippen molar-refractivity contribution in [2.75, 3.05) is 6.61 Å². The van der Waals surface area contributed by atoms with Gasteiger partial charge in [-0.3, -0.25) is 0 Å². The predicted molar refractivity (Wildman–Crippen MR) is 71.1 cm³/mol. The molecule has 0 aliphatic heterocycles. The van der Waals surface area contributed by atoms with E-state index in [9.17, 15) is 0 Å². The maximum atomic E-state index is 5.85. The summed E-state index contributed by atoms with van der Waals surface area (Å²) in [5.41, 5.74) is 1.50. The smallest absolute Gasteiger partial charge is 0.133 e. The molecule has 0 bridgehead atoms. The third-order valence-corrected chi connectivity index (χ3v) is 3.62. The van der Waals surface area contributed by atoms with E-state index in [-0.39, 0.29) is 5.41 Å². The van der Waals surface area contributed by atoms with E-state index in [1.165, 1.54) is 18.4 Å². The van der Waals surface area contributed by atoms with Crippen molar-refractivity contribution in [2.24, 2.45) is 5.92 Å². The average molecular weight is 283 g/mol. The van der Waals surface area contributed by atoms with Crippen LogP contribution in [0, 0.1) is 5.92 Å². The van der Waals surface area contributed by atoms with Gasteiger partial charge in [-0.2, -0.15) is 0 Å². The molecule has 1 aliphatic rings. The first kappa shape index (κ1) is 12.0. The maximum absolute atomic E-state index is 5.85. The maximum Gasteiger partial charge on any atom is 0.133 e. The zero-order chi connectivity index (χ0) is 11.8. The van der Waals surface area contributed by atoms with Crippen LogP contribution in [0.15, 0.2) is 22.7 Å². The molecule has 1 saturated carbocycles. The zero-order valence-electron chi connectivity index (χ0n) is 10.2. The Hall–Kier alpha value is -0.500. The molecule has 1 aromatic rings. The van der Waals surface area contributed by atoms with Crippen molar-refractivity contribution in [2.45, 2.75) is 39.0 Å². The fourth-order valence-corrected chi connectivity index (χ4v) is 1.93. The molecule has 2 heteroatoms. The van der Waals surface area contributed by atoms with Gasteiger partial charge in [0.2, 0.25) is 0 Å². The fourth-order valence-electron chi connectivity index (χ4n) is 1.57. The summed E-state index contributed by atoms with van der Waals surface area (Å²) in [5, 5.41) is 0. The zero-order valence-corrected chi connectivity index (χ0v) is 11.8. The van der Waals surface area contributed by atoms with Gasteiger partial charge in [0.25, 0.3) is 0 Å². The molecule has 0 atom stereocenters. The van der Waals surface area contributed by atoms with Crippen molar-refractivity contribution in [3.8, 4) is 5.75 Å². The summed E-state index contributed by atoms with van der Waals surface area (Å²) in [4.78, 5) is 0. The molecular weight excluding hydrogens is 264 g/mol. The molecule has 0 aromatic heterocycles. The highest BCUT2D eigenvalue weighted by atomic mass is 79.9. The van der Waals surface area contributed by atoms with E-state index in [0.717, 1.165) is 22.7 Å². The average Bonchev–Trinajstić information content (AvgIpc) is 2.98. The van der Waals surface area contributed by atoms with E-state index in [4.69, 9.17) is 4.74 Å². The van der Waals surface area contributed by atoms with E-state index < -0.39 is 0 Å². The van der Waals surface area contributed by atoms with Gasteiger partial charge in [-0.1, -0.05) is 26.8 Å². The third-order valence-electron chi connectivity index (χ3n) is 2.97. The van der Waals surface area contributed by atoms with Crippen molar-refractivity contribution in [3.63, 3.8) is 0 Å². The van der Waals surface area contributed by atoms with Gasteiger partial charge >= 0.3 is 0 Å². The van der Waals surface area contributed by atoms with E-state index in [1.54, 1.807) is 0 Å². The topological polar surface area (TPSA) is 9.23 Å². The van der Waals surface area contributed by atoms with Gasteiger partial charge in [-0.15, -0.1) is 0 Å². The molecule has 1 aromatic carbocycles. The highest BCUT2D eigenvalue weighted by molar-refractivity contribution is 9.10. The summed E-state index contributed by atoms with van der Waals surface area (Å²) < 4.78 is 6.91. The van der Waals surface area contributed by atoms with Crippen molar-refractivity contribution >= 4 is 15.9 Å². The molecule has 0 radical (unpaired) electrons. The van der Waals surface area contributed by atoms with Crippen LogP contribution in [0.2, 0.25) is 0 Å². The molecule has 1 aliphatic carbocycles. The van der Waals surface area contributed by atoms with Crippen molar-refractivity contribution in [1.82, 2.24) is 0 Å². The van der Waals surface area contributed by atoms with E-state index in [2.05, 4.69) is 54.9 Å². The Balaban J connectivity index is 2.14. The lowest BCUT2D eigenvalue weighted by Crippen LogP contribution is -2.11. The minimum atomic E-state index is 0.179. The number of hydrogen-bond acceptors (Lipinski definition) is 1. The van der Waals surface area contributed by atoms with Gasteiger partial charge in [0, 0.05) is 0 Å². The van der Waals surface area contributed by atoms with Crippen LogP contribution in [0.3, 0.4) is 0 Å². The van der Waals surface area contributed by atoms with Gasteiger partial charge in [0.15, 0.2) is 0 Å². The number of halogens is 1. The van der Waals surface area contributed by atoms with Gasteiger partial charge in [-0.25, -0.2) is 0 Å². The predicted octanol–water partition coefficient (Wildman–Crippen LogP) is 4.54. The first-order valence-corrected chi connectivity index (χ1v) is 6.69. The van der Waals surface area contributed by atoms with Crippen LogP contribution < -0.4 is 4.74 Å². The van der Waals surface area contributed by atoms with Crippen LogP contribution >= 0.6 is 15.9 Å². The fraction of sp³-hybridized carbons (Fsp3) is 0.571. The minimum absolute atomic E-state index is 0.179. The Morgan fingerprint density at radius 2 is 2.00 bits per heavy atom. The largest absolute Gasteiger partial charge is 0.492 e. The molecule has 88 valence electrons. The highest BCUT2D eigenvalue weighted by Gasteiger charge is 2.23. The first-order valence-electron chi connectivity index (χ1n) is 5.89. The standard InChI is InChI=1S/C14H19BrO/c1-14(2,3)11-6-7-12(15)13(8-11)16-9-10-4-5-10/h6-8,10H,4-5,9H2,1-3H3. The van der Waals surface area contributed by atoms with Crippen LogP contribution in [-0.2, 0) is 5.41 Å². The molecular formula is C14H19BrO. The Kier molecular flexibility index (Phi) is 3.29. The first-order chi connectivity index (χ1) is 7.47. The van der Waals surface area contributed by atoms with Gasteiger partial charge in [0.1, 0.15) is 5.75 Å². The van der Waals surface area contributed by atoms with Crippen LogP contribution in [0.1, 0.15) is 39.2 Å². The molecule has 1 nitrogen and oxygen atoms in total. The van der Waals surface area contributed by atoms with Gasteiger partial charge in [-0.05, 0) is 57.8 Å².